The minimum absolute atomic E-state index is 0.0704. The van der Waals surface area contributed by atoms with Crippen LogP contribution in [0, 0.1) is 13.8 Å². The minimum atomic E-state index is -4.15. The highest BCUT2D eigenvalue weighted by Gasteiger charge is 2.35. The van der Waals surface area contributed by atoms with Crippen LogP contribution in [-0.4, -0.2) is 43.8 Å². The summed E-state index contributed by atoms with van der Waals surface area (Å²) in [7, 11) is -4.15. The monoisotopic (exact) mass is 645 g/mol. The lowest BCUT2D eigenvalue weighted by molar-refractivity contribution is -0.140. The van der Waals surface area contributed by atoms with Crippen LogP contribution in [0.1, 0.15) is 42.5 Å². The van der Waals surface area contributed by atoms with E-state index in [1.54, 1.807) is 72.8 Å². The highest BCUT2D eigenvalue weighted by molar-refractivity contribution is 7.92. The van der Waals surface area contributed by atoms with E-state index >= 15 is 0 Å². The molecule has 7 nitrogen and oxygen atoms in total. The van der Waals surface area contributed by atoms with E-state index in [0.717, 1.165) is 26.6 Å². The van der Waals surface area contributed by atoms with E-state index < -0.39 is 28.5 Å². The number of carbonyl (C=O) groups is 2. The standard InChI is InChI=1S/C36H40ClN3O4S/c1-5-28(4)38-36(42)34(23-29-9-7-6-8-10-29)39(24-30-15-17-31(37)18-16-30)35(41)25-40(32-19-11-26(2)12-20-32)45(43,44)33-21-13-27(3)14-22-33/h6-22,28,34H,5,23-25H2,1-4H3,(H,38,42)/t28-,34-/m1/s1. The number of amides is 2. The molecule has 0 saturated heterocycles. The number of carbonyl (C=O) groups excluding carboxylic acids is 2. The Morgan fingerprint density at radius 2 is 1.38 bits per heavy atom. The van der Waals surface area contributed by atoms with Gasteiger partial charge in [0.25, 0.3) is 10.0 Å². The largest absolute Gasteiger partial charge is 0.352 e. The first-order valence-corrected chi connectivity index (χ1v) is 16.8. The molecule has 2 atom stereocenters. The van der Waals surface area contributed by atoms with Crippen molar-refractivity contribution >= 4 is 39.1 Å². The van der Waals surface area contributed by atoms with Crippen LogP contribution in [-0.2, 0) is 32.6 Å². The number of nitrogens with one attached hydrogen (secondary N) is 1. The SMILES string of the molecule is CC[C@@H](C)NC(=O)[C@@H](Cc1ccccc1)N(Cc1ccc(Cl)cc1)C(=O)CN(c1ccc(C)cc1)S(=O)(=O)c1ccc(C)cc1. The zero-order valence-electron chi connectivity index (χ0n) is 26.1. The first-order chi connectivity index (χ1) is 21.5. The van der Waals surface area contributed by atoms with E-state index in [0.29, 0.717) is 17.1 Å². The lowest BCUT2D eigenvalue weighted by Crippen LogP contribution is -2.54. The minimum Gasteiger partial charge on any atom is -0.352 e. The summed E-state index contributed by atoms with van der Waals surface area (Å²) in [6, 6.07) is 29.0. The van der Waals surface area contributed by atoms with Crippen molar-refractivity contribution in [3.8, 4) is 0 Å². The van der Waals surface area contributed by atoms with Crippen molar-refractivity contribution < 1.29 is 18.0 Å². The summed E-state index contributed by atoms with van der Waals surface area (Å²) in [5, 5.41) is 3.59. The molecule has 4 aromatic carbocycles. The number of sulfonamides is 1. The molecule has 0 heterocycles. The van der Waals surface area contributed by atoms with E-state index in [9.17, 15) is 18.0 Å². The average molecular weight is 646 g/mol. The van der Waals surface area contributed by atoms with Crippen LogP contribution < -0.4 is 9.62 Å². The highest BCUT2D eigenvalue weighted by atomic mass is 35.5. The molecule has 45 heavy (non-hydrogen) atoms. The molecule has 0 saturated carbocycles. The zero-order chi connectivity index (χ0) is 32.6. The predicted molar refractivity (Wildman–Crippen MR) is 181 cm³/mol. The summed E-state index contributed by atoms with van der Waals surface area (Å²) < 4.78 is 29.4. The lowest BCUT2D eigenvalue weighted by atomic mass is 10.0. The topological polar surface area (TPSA) is 86.8 Å². The second-order valence-electron chi connectivity index (χ2n) is 11.3. The molecular formula is C36H40ClN3O4S. The van der Waals surface area contributed by atoms with Crippen LogP contribution in [0.25, 0.3) is 0 Å². The Labute approximate surface area is 271 Å². The van der Waals surface area contributed by atoms with Crippen molar-refractivity contribution in [3.63, 3.8) is 0 Å². The molecule has 4 aromatic rings. The second-order valence-corrected chi connectivity index (χ2v) is 13.6. The Kier molecular flexibility index (Phi) is 11.4. The molecule has 0 aliphatic heterocycles. The Balaban J connectivity index is 1.80. The van der Waals surface area contributed by atoms with Gasteiger partial charge in [-0.1, -0.05) is 96.4 Å². The van der Waals surface area contributed by atoms with Crippen molar-refractivity contribution in [1.29, 1.82) is 0 Å². The maximum Gasteiger partial charge on any atom is 0.264 e. The molecule has 0 bridgehead atoms. The summed E-state index contributed by atoms with van der Waals surface area (Å²) in [6.07, 6.45) is 0.961. The smallest absolute Gasteiger partial charge is 0.264 e. The van der Waals surface area contributed by atoms with Gasteiger partial charge in [-0.05, 0) is 74.7 Å². The van der Waals surface area contributed by atoms with E-state index in [1.807, 2.05) is 58.0 Å². The van der Waals surface area contributed by atoms with Crippen LogP contribution in [0.3, 0.4) is 0 Å². The number of benzene rings is 4. The summed E-state index contributed by atoms with van der Waals surface area (Å²) in [4.78, 5) is 30.0. The molecule has 0 aliphatic rings. The fraction of sp³-hybridized carbons (Fsp3) is 0.278. The maximum atomic E-state index is 14.5. The average Bonchev–Trinajstić information content (AvgIpc) is 3.03. The molecule has 0 fully saturated rings. The van der Waals surface area contributed by atoms with Crippen molar-refractivity contribution in [2.24, 2.45) is 0 Å². The Morgan fingerprint density at radius 1 is 0.800 bits per heavy atom. The Bertz CT molecular complexity index is 1680. The lowest BCUT2D eigenvalue weighted by Gasteiger charge is -2.34. The number of hydrogen-bond acceptors (Lipinski definition) is 4. The molecule has 1 N–H and O–H groups in total. The molecule has 0 aromatic heterocycles. The van der Waals surface area contributed by atoms with E-state index in [1.165, 1.54) is 4.90 Å². The van der Waals surface area contributed by atoms with Gasteiger partial charge < -0.3 is 10.2 Å². The van der Waals surface area contributed by atoms with E-state index in [-0.39, 0.29) is 29.8 Å². The van der Waals surface area contributed by atoms with Crippen molar-refractivity contribution in [3.05, 3.63) is 130 Å². The molecule has 4 rings (SSSR count). The third-order valence-electron chi connectivity index (χ3n) is 7.75. The van der Waals surface area contributed by atoms with Gasteiger partial charge in [0, 0.05) is 24.0 Å². The molecule has 0 aliphatic carbocycles. The molecule has 0 unspecified atom stereocenters. The summed E-state index contributed by atoms with van der Waals surface area (Å²) in [5.74, 6) is -0.819. The molecule has 2 amide bonds. The van der Waals surface area contributed by atoms with Crippen LogP contribution in [0.15, 0.2) is 108 Å². The fourth-order valence-electron chi connectivity index (χ4n) is 4.86. The van der Waals surface area contributed by atoms with Gasteiger partial charge in [0.1, 0.15) is 12.6 Å². The Morgan fingerprint density at radius 3 is 1.96 bits per heavy atom. The summed E-state index contributed by atoms with van der Waals surface area (Å²) in [5.41, 5.74) is 3.84. The van der Waals surface area contributed by atoms with Gasteiger partial charge in [-0.2, -0.15) is 0 Å². The van der Waals surface area contributed by atoms with Crippen molar-refractivity contribution in [2.45, 2.75) is 64.1 Å². The quantitative estimate of drug-likeness (QED) is 0.175. The molecule has 9 heteroatoms. The molecular weight excluding hydrogens is 606 g/mol. The van der Waals surface area contributed by atoms with E-state index in [2.05, 4.69) is 5.32 Å². The maximum absolute atomic E-state index is 14.5. The van der Waals surface area contributed by atoms with Gasteiger partial charge in [0.2, 0.25) is 11.8 Å². The van der Waals surface area contributed by atoms with Crippen molar-refractivity contribution in [2.75, 3.05) is 10.8 Å². The molecule has 0 spiro atoms. The number of nitrogens with zero attached hydrogens (tertiary/aromatic N) is 2. The van der Waals surface area contributed by atoms with Crippen LogP contribution in [0.2, 0.25) is 5.02 Å². The summed E-state index contributed by atoms with van der Waals surface area (Å²) >= 11 is 6.15. The number of halogens is 1. The highest BCUT2D eigenvalue weighted by Crippen LogP contribution is 2.26. The van der Waals surface area contributed by atoms with Crippen LogP contribution in [0.4, 0.5) is 5.69 Å². The fourth-order valence-corrected chi connectivity index (χ4v) is 6.40. The van der Waals surface area contributed by atoms with Gasteiger partial charge in [-0.15, -0.1) is 0 Å². The van der Waals surface area contributed by atoms with Gasteiger partial charge in [0.05, 0.1) is 10.6 Å². The predicted octanol–water partition coefficient (Wildman–Crippen LogP) is 6.71. The van der Waals surface area contributed by atoms with Gasteiger partial charge in [-0.25, -0.2) is 8.42 Å². The van der Waals surface area contributed by atoms with E-state index in [4.69, 9.17) is 11.6 Å². The molecule has 0 radical (unpaired) electrons. The summed E-state index contributed by atoms with van der Waals surface area (Å²) in [6.45, 7) is 7.25. The number of hydrogen-bond donors (Lipinski definition) is 1. The Hall–Kier alpha value is -4.14. The number of rotatable bonds is 13. The van der Waals surface area contributed by atoms with Crippen molar-refractivity contribution in [1.82, 2.24) is 10.2 Å². The van der Waals surface area contributed by atoms with Gasteiger partial charge in [-0.3, -0.25) is 13.9 Å². The number of anilines is 1. The third kappa shape index (κ3) is 8.96. The van der Waals surface area contributed by atoms with Gasteiger partial charge >= 0.3 is 0 Å². The normalized spacial score (nSPS) is 12.6. The zero-order valence-corrected chi connectivity index (χ0v) is 27.7. The molecule has 236 valence electrons. The van der Waals surface area contributed by atoms with Crippen LogP contribution in [0.5, 0.6) is 0 Å². The third-order valence-corrected chi connectivity index (χ3v) is 9.79. The first-order valence-electron chi connectivity index (χ1n) is 15.0. The number of aryl methyl sites for hydroxylation is 2. The van der Waals surface area contributed by atoms with Gasteiger partial charge in [0.15, 0.2) is 0 Å². The van der Waals surface area contributed by atoms with Crippen LogP contribution >= 0.6 is 11.6 Å². The first kappa shape index (κ1) is 33.7. The second kappa shape index (κ2) is 15.2.